The van der Waals surface area contributed by atoms with Crippen molar-refractivity contribution >= 4 is 17.9 Å². The predicted octanol–water partition coefficient (Wildman–Crippen LogP) is 3.38. The SMILES string of the molecule is CC(=O)OC1OC(COC(=O)c2ccccc2)C[C@H](C)C1OC(=O)c1ccccc1. The van der Waals surface area contributed by atoms with Gasteiger partial charge in [0.05, 0.1) is 17.2 Å². The average molecular weight is 412 g/mol. The van der Waals surface area contributed by atoms with Gasteiger partial charge in [0.25, 0.3) is 0 Å². The number of carbonyl (C=O) groups is 3. The summed E-state index contributed by atoms with van der Waals surface area (Å²) in [6.45, 7) is 3.12. The second-order valence-corrected chi connectivity index (χ2v) is 7.15. The molecule has 2 aromatic carbocycles. The van der Waals surface area contributed by atoms with Crippen LogP contribution in [0.25, 0.3) is 0 Å². The zero-order valence-electron chi connectivity index (χ0n) is 16.9. The maximum Gasteiger partial charge on any atom is 0.338 e. The van der Waals surface area contributed by atoms with Gasteiger partial charge in [-0.15, -0.1) is 0 Å². The molecular weight excluding hydrogens is 388 g/mol. The molecule has 0 saturated carbocycles. The molecule has 7 heteroatoms. The van der Waals surface area contributed by atoms with E-state index < -0.39 is 36.4 Å². The number of carbonyl (C=O) groups excluding carboxylic acids is 3. The van der Waals surface area contributed by atoms with Gasteiger partial charge < -0.3 is 18.9 Å². The molecule has 0 aliphatic carbocycles. The molecule has 7 nitrogen and oxygen atoms in total. The summed E-state index contributed by atoms with van der Waals surface area (Å²) in [7, 11) is 0. The Morgan fingerprint density at radius 2 is 1.47 bits per heavy atom. The molecule has 1 fully saturated rings. The summed E-state index contributed by atoms with van der Waals surface area (Å²) < 4.78 is 22.0. The van der Waals surface area contributed by atoms with Crippen molar-refractivity contribution in [3.8, 4) is 0 Å². The summed E-state index contributed by atoms with van der Waals surface area (Å²) >= 11 is 0. The minimum Gasteiger partial charge on any atom is -0.459 e. The van der Waals surface area contributed by atoms with Gasteiger partial charge in [0, 0.05) is 12.8 Å². The van der Waals surface area contributed by atoms with E-state index in [2.05, 4.69) is 0 Å². The van der Waals surface area contributed by atoms with E-state index in [0.29, 0.717) is 17.5 Å². The van der Waals surface area contributed by atoms with Gasteiger partial charge in [-0.3, -0.25) is 4.79 Å². The lowest BCUT2D eigenvalue weighted by Crippen LogP contribution is -2.49. The van der Waals surface area contributed by atoms with E-state index in [1.165, 1.54) is 6.92 Å². The molecule has 0 N–H and O–H groups in total. The maximum atomic E-state index is 12.5. The number of rotatable bonds is 6. The Morgan fingerprint density at radius 3 is 2.03 bits per heavy atom. The highest BCUT2D eigenvalue weighted by Crippen LogP contribution is 2.29. The van der Waals surface area contributed by atoms with Gasteiger partial charge in [-0.25, -0.2) is 9.59 Å². The molecule has 1 aliphatic heterocycles. The van der Waals surface area contributed by atoms with Crippen LogP contribution < -0.4 is 0 Å². The molecule has 0 bridgehead atoms. The molecule has 158 valence electrons. The third-order valence-electron chi connectivity index (χ3n) is 4.73. The van der Waals surface area contributed by atoms with E-state index in [1.807, 2.05) is 13.0 Å². The Balaban J connectivity index is 1.63. The van der Waals surface area contributed by atoms with E-state index in [9.17, 15) is 14.4 Å². The molecule has 0 amide bonds. The fourth-order valence-corrected chi connectivity index (χ4v) is 3.27. The standard InChI is InChI=1S/C23H24O7/c1-15-13-19(14-27-21(25)17-9-5-3-6-10-17)29-23(28-16(2)24)20(15)30-22(26)18-11-7-4-8-12-18/h3-12,15,19-20,23H,13-14H2,1-2H3/t15-,19?,20?,23?/m0/s1. The zero-order chi connectivity index (χ0) is 21.5. The van der Waals surface area contributed by atoms with Crippen LogP contribution >= 0.6 is 0 Å². The number of ether oxygens (including phenoxy) is 4. The monoisotopic (exact) mass is 412 g/mol. The Labute approximate surface area is 174 Å². The normalized spacial score (nSPS) is 23.3. The van der Waals surface area contributed by atoms with Crippen LogP contribution in [0.4, 0.5) is 0 Å². The molecule has 2 aromatic rings. The fourth-order valence-electron chi connectivity index (χ4n) is 3.27. The number of hydrogen-bond acceptors (Lipinski definition) is 7. The Kier molecular flexibility index (Phi) is 7.19. The van der Waals surface area contributed by atoms with Gasteiger partial charge in [0.2, 0.25) is 6.29 Å². The summed E-state index contributed by atoms with van der Waals surface area (Å²) in [5.41, 5.74) is 0.831. The smallest absolute Gasteiger partial charge is 0.338 e. The highest BCUT2D eigenvalue weighted by atomic mass is 16.7. The summed E-state index contributed by atoms with van der Waals surface area (Å²) in [6.07, 6.45) is -1.89. The Bertz CT molecular complexity index is 866. The van der Waals surface area contributed by atoms with Gasteiger partial charge in [0.1, 0.15) is 6.61 Å². The van der Waals surface area contributed by atoms with Crippen molar-refractivity contribution in [1.82, 2.24) is 0 Å². The first-order valence-corrected chi connectivity index (χ1v) is 9.75. The van der Waals surface area contributed by atoms with Crippen LogP contribution in [0.2, 0.25) is 0 Å². The molecule has 1 heterocycles. The molecule has 30 heavy (non-hydrogen) atoms. The first kappa shape index (κ1) is 21.5. The van der Waals surface area contributed by atoms with Crippen molar-refractivity contribution in [2.45, 2.75) is 38.8 Å². The van der Waals surface area contributed by atoms with Crippen LogP contribution in [-0.2, 0) is 23.7 Å². The second-order valence-electron chi connectivity index (χ2n) is 7.15. The predicted molar refractivity (Wildman–Crippen MR) is 107 cm³/mol. The number of hydrogen-bond donors (Lipinski definition) is 0. The van der Waals surface area contributed by atoms with Gasteiger partial charge in [-0.05, 0) is 30.7 Å². The lowest BCUT2D eigenvalue weighted by atomic mass is 9.93. The molecular formula is C23H24O7. The second kappa shape index (κ2) is 10.0. The van der Waals surface area contributed by atoms with Gasteiger partial charge in [0.15, 0.2) is 6.10 Å². The molecule has 0 radical (unpaired) electrons. The van der Waals surface area contributed by atoms with Crippen molar-refractivity contribution < 1.29 is 33.3 Å². The maximum absolute atomic E-state index is 12.5. The van der Waals surface area contributed by atoms with Crippen LogP contribution in [0.5, 0.6) is 0 Å². The topological polar surface area (TPSA) is 88.1 Å². The van der Waals surface area contributed by atoms with Crippen LogP contribution in [0.3, 0.4) is 0 Å². The molecule has 3 rings (SSSR count). The minimum atomic E-state index is -1.08. The van der Waals surface area contributed by atoms with Crippen LogP contribution in [-0.4, -0.2) is 43.0 Å². The summed E-state index contributed by atoms with van der Waals surface area (Å²) in [4.78, 5) is 36.2. The van der Waals surface area contributed by atoms with Crippen molar-refractivity contribution in [2.24, 2.45) is 5.92 Å². The van der Waals surface area contributed by atoms with E-state index in [0.717, 1.165) is 0 Å². The average Bonchev–Trinajstić information content (AvgIpc) is 2.75. The number of esters is 3. The fraction of sp³-hybridized carbons (Fsp3) is 0.348. The third kappa shape index (κ3) is 5.67. The third-order valence-corrected chi connectivity index (χ3v) is 4.73. The van der Waals surface area contributed by atoms with E-state index in [4.69, 9.17) is 18.9 Å². The van der Waals surface area contributed by atoms with Gasteiger partial charge in [-0.2, -0.15) is 0 Å². The minimum absolute atomic E-state index is 0.00478. The van der Waals surface area contributed by atoms with E-state index in [1.54, 1.807) is 54.6 Å². The van der Waals surface area contributed by atoms with E-state index >= 15 is 0 Å². The quantitative estimate of drug-likeness (QED) is 0.531. The summed E-state index contributed by atoms with van der Waals surface area (Å²) in [6, 6.07) is 17.2. The van der Waals surface area contributed by atoms with E-state index in [-0.39, 0.29) is 12.5 Å². The molecule has 0 aromatic heterocycles. The molecule has 1 aliphatic rings. The Morgan fingerprint density at radius 1 is 0.900 bits per heavy atom. The number of benzene rings is 2. The van der Waals surface area contributed by atoms with Gasteiger partial charge >= 0.3 is 17.9 Å². The first-order chi connectivity index (χ1) is 14.4. The molecule has 3 unspecified atom stereocenters. The van der Waals surface area contributed by atoms with Crippen LogP contribution in [0.15, 0.2) is 60.7 Å². The largest absolute Gasteiger partial charge is 0.459 e. The molecule has 1 saturated heterocycles. The van der Waals surface area contributed by atoms with Crippen LogP contribution in [0.1, 0.15) is 41.0 Å². The zero-order valence-corrected chi connectivity index (χ0v) is 16.9. The van der Waals surface area contributed by atoms with Crippen molar-refractivity contribution in [3.63, 3.8) is 0 Å². The molecule has 0 spiro atoms. The lowest BCUT2D eigenvalue weighted by molar-refractivity contribution is -0.250. The Hall–Kier alpha value is -3.19. The summed E-state index contributed by atoms with van der Waals surface area (Å²) in [5, 5.41) is 0. The summed E-state index contributed by atoms with van der Waals surface area (Å²) in [5.74, 6) is -1.73. The highest BCUT2D eigenvalue weighted by molar-refractivity contribution is 5.89. The van der Waals surface area contributed by atoms with Crippen LogP contribution in [0, 0.1) is 5.92 Å². The lowest BCUT2D eigenvalue weighted by Gasteiger charge is -2.38. The van der Waals surface area contributed by atoms with Crippen molar-refractivity contribution in [2.75, 3.05) is 6.61 Å². The highest BCUT2D eigenvalue weighted by Gasteiger charge is 2.41. The molecule has 4 atom stereocenters. The van der Waals surface area contributed by atoms with Crippen molar-refractivity contribution in [3.05, 3.63) is 71.8 Å². The van der Waals surface area contributed by atoms with Gasteiger partial charge in [-0.1, -0.05) is 43.3 Å². The first-order valence-electron chi connectivity index (χ1n) is 9.75. The van der Waals surface area contributed by atoms with Crippen molar-refractivity contribution in [1.29, 1.82) is 0 Å².